The number of amides is 2. The zero-order valence-electron chi connectivity index (χ0n) is 30.0. The van der Waals surface area contributed by atoms with Gasteiger partial charge in [-0.3, -0.25) is 19.2 Å². The van der Waals surface area contributed by atoms with Gasteiger partial charge in [-0.15, -0.1) is 0 Å². The summed E-state index contributed by atoms with van der Waals surface area (Å²) in [6, 6.07) is 4.94. The summed E-state index contributed by atoms with van der Waals surface area (Å²) in [6.07, 6.45) is 0.379. The lowest BCUT2D eigenvalue weighted by Gasteiger charge is -2.32. The van der Waals surface area contributed by atoms with Crippen LogP contribution in [0.15, 0.2) is 18.2 Å². The van der Waals surface area contributed by atoms with E-state index in [1.165, 1.54) is 40.3 Å². The maximum Gasteiger partial charge on any atom is 0.339 e. The lowest BCUT2D eigenvalue weighted by molar-refractivity contribution is -0.143. The van der Waals surface area contributed by atoms with E-state index in [0.29, 0.717) is 57.8 Å². The summed E-state index contributed by atoms with van der Waals surface area (Å²) < 4.78 is 27.5. The quantitative estimate of drug-likeness (QED) is 0.125. The number of methoxy groups -OCH3 is 4. The number of piperazine rings is 1. The zero-order valence-corrected chi connectivity index (χ0v) is 31.6. The van der Waals surface area contributed by atoms with E-state index in [1.807, 2.05) is 7.05 Å². The van der Waals surface area contributed by atoms with Crippen molar-refractivity contribution in [3.8, 4) is 23.0 Å². The third-order valence-electron chi connectivity index (χ3n) is 9.99. The molecule has 2 N–H and O–H groups in total. The van der Waals surface area contributed by atoms with Crippen LogP contribution < -0.4 is 29.2 Å². The molecule has 0 radical (unpaired) electrons. The van der Waals surface area contributed by atoms with Gasteiger partial charge in [-0.1, -0.05) is 15.9 Å². The second kappa shape index (κ2) is 14.7. The molecule has 2 aromatic carbocycles. The predicted molar refractivity (Wildman–Crippen MR) is 195 cm³/mol. The number of hydrogen-bond acceptors (Lipinski definition) is 12. The molecule has 3 aliphatic rings. The number of Topliss-reactive ketones (excluding diaryl/α,β-unsaturated/α-hetero) is 1. The van der Waals surface area contributed by atoms with Gasteiger partial charge in [0.1, 0.15) is 5.69 Å². The van der Waals surface area contributed by atoms with Gasteiger partial charge >= 0.3 is 11.9 Å². The minimum Gasteiger partial charge on any atom is -0.493 e. The van der Waals surface area contributed by atoms with E-state index in [0.717, 1.165) is 13.1 Å². The first kappa shape index (κ1) is 36.9. The number of aromatic nitrogens is 1. The Morgan fingerprint density at radius 1 is 0.942 bits per heavy atom. The fraction of sp³-hybridized carbons (Fsp3) is 0.472. The highest BCUT2D eigenvalue weighted by Crippen LogP contribution is 2.52. The Morgan fingerprint density at radius 3 is 2.29 bits per heavy atom. The topological polar surface area (TPSA) is 169 Å². The van der Waals surface area contributed by atoms with Crippen molar-refractivity contribution in [2.45, 2.75) is 37.6 Å². The van der Waals surface area contributed by atoms with E-state index in [-0.39, 0.29) is 60.3 Å². The summed E-state index contributed by atoms with van der Waals surface area (Å²) >= 11 is 3.56. The van der Waals surface area contributed by atoms with Gasteiger partial charge in [0, 0.05) is 68.3 Å². The van der Waals surface area contributed by atoms with Crippen molar-refractivity contribution in [3.63, 3.8) is 0 Å². The fourth-order valence-electron chi connectivity index (χ4n) is 7.15. The maximum absolute atomic E-state index is 14.4. The zero-order chi connectivity index (χ0) is 37.5. The van der Waals surface area contributed by atoms with Crippen LogP contribution in [-0.4, -0.2) is 123 Å². The molecule has 3 aliphatic heterocycles. The number of nitrogens with one attached hydrogen (secondary N) is 2. The monoisotopic (exact) mass is 783 g/mol. The van der Waals surface area contributed by atoms with E-state index in [4.69, 9.17) is 23.7 Å². The predicted octanol–water partition coefficient (Wildman–Crippen LogP) is 3.72. The van der Waals surface area contributed by atoms with Gasteiger partial charge in [0.25, 0.3) is 5.91 Å². The first-order chi connectivity index (χ1) is 24.9. The van der Waals surface area contributed by atoms with E-state index in [1.54, 1.807) is 23.1 Å². The van der Waals surface area contributed by atoms with Crippen LogP contribution in [0.25, 0.3) is 10.9 Å². The number of halogens is 1. The molecule has 278 valence electrons. The highest BCUT2D eigenvalue weighted by atomic mass is 79.9. The van der Waals surface area contributed by atoms with Gasteiger partial charge in [0.2, 0.25) is 17.4 Å². The molecule has 1 saturated heterocycles. The van der Waals surface area contributed by atoms with Crippen LogP contribution in [0.5, 0.6) is 23.0 Å². The number of rotatable bonds is 11. The Balaban J connectivity index is 1.34. The van der Waals surface area contributed by atoms with E-state index >= 15 is 0 Å². The average Bonchev–Trinajstić information content (AvgIpc) is 3.82. The molecule has 1 fully saturated rings. The number of ketones is 1. The van der Waals surface area contributed by atoms with Crippen molar-refractivity contribution >= 4 is 67.7 Å². The number of anilines is 2. The molecule has 4 heterocycles. The van der Waals surface area contributed by atoms with Crippen LogP contribution in [-0.2, 0) is 19.1 Å². The van der Waals surface area contributed by atoms with Crippen molar-refractivity contribution in [2.75, 3.05) is 83.8 Å². The van der Waals surface area contributed by atoms with Crippen molar-refractivity contribution in [1.29, 1.82) is 0 Å². The molecule has 16 heteroatoms. The van der Waals surface area contributed by atoms with Crippen LogP contribution in [0.2, 0.25) is 0 Å². The number of benzene rings is 2. The van der Waals surface area contributed by atoms with Gasteiger partial charge in [-0.2, -0.15) is 0 Å². The first-order valence-electron chi connectivity index (χ1n) is 16.9. The average molecular weight is 785 g/mol. The molecule has 0 spiro atoms. The van der Waals surface area contributed by atoms with Gasteiger partial charge < -0.3 is 48.7 Å². The van der Waals surface area contributed by atoms with Crippen molar-refractivity contribution in [2.24, 2.45) is 0 Å². The standard InChI is InChI=1S/C36H42BrN5O10/c1-36(35(47)51-6)33(45)28-27-20(17-37)18-42(34(46)21-14-19-15-24(48-3)31(49-4)32(50-5)29(19)38-21)22(27)16-23(30(28)39-36)52-26(44)9-7-8-25(43)41-12-10-40(2)11-13-41/h14-16,20,38-39H,7-13,17-18H2,1-6H3/t20-,36-/m1/s1. The van der Waals surface area contributed by atoms with Crippen molar-refractivity contribution < 1.29 is 47.7 Å². The van der Waals surface area contributed by atoms with Crippen molar-refractivity contribution in [3.05, 3.63) is 35.0 Å². The highest BCUT2D eigenvalue weighted by molar-refractivity contribution is 9.09. The fourth-order valence-corrected chi connectivity index (χ4v) is 7.67. The molecule has 0 aliphatic carbocycles. The number of aromatic amines is 1. The number of hydrogen-bond donors (Lipinski definition) is 2. The Bertz CT molecular complexity index is 1950. The Hall–Kier alpha value is -4.83. The number of esters is 2. The Labute approximate surface area is 308 Å². The van der Waals surface area contributed by atoms with Gasteiger partial charge in [0.15, 0.2) is 22.8 Å². The van der Waals surface area contributed by atoms with Crippen LogP contribution in [0.4, 0.5) is 11.4 Å². The van der Waals surface area contributed by atoms with Crippen LogP contribution in [0, 0.1) is 0 Å². The summed E-state index contributed by atoms with van der Waals surface area (Å²) in [4.78, 5) is 76.1. The number of carbonyl (C=O) groups excluding carboxylic acids is 5. The summed E-state index contributed by atoms with van der Waals surface area (Å²) in [7, 11) is 7.66. The van der Waals surface area contributed by atoms with Crippen LogP contribution in [0.3, 0.4) is 0 Å². The van der Waals surface area contributed by atoms with Gasteiger partial charge in [0.05, 0.1) is 50.9 Å². The summed E-state index contributed by atoms with van der Waals surface area (Å²) in [5.41, 5.74) is 0.119. The Morgan fingerprint density at radius 2 is 1.65 bits per heavy atom. The largest absolute Gasteiger partial charge is 0.493 e. The molecule has 1 aromatic heterocycles. The minimum absolute atomic E-state index is 0.0223. The lowest BCUT2D eigenvalue weighted by Crippen LogP contribution is -2.47. The summed E-state index contributed by atoms with van der Waals surface area (Å²) in [5, 5.41) is 4.00. The number of ether oxygens (including phenoxy) is 5. The smallest absolute Gasteiger partial charge is 0.339 e. The third-order valence-corrected chi connectivity index (χ3v) is 10.8. The second-order valence-electron chi connectivity index (χ2n) is 13.2. The number of H-pyrrole nitrogens is 1. The molecular weight excluding hydrogens is 742 g/mol. The number of alkyl halides is 1. The minimum atomic E-state index is -1.80. The lowest BCUT2D eigenvalue weighted by atomic mass is 9.89. The summed E-state index contributed by atoms with van der Waals surface area (Å²) in [6.45, 7) is 4.45. The highest BCUT2D eigenvalue weighted by Gasteiger charge is 2.53. The van der Waals surface area contributed by atoms with Crippen LogP contribution in [0.1, 0.15) is 58.5 Å². The molecule has 0 unspecified atom stereocenters. The van der Waals surface area contributed by atoms with Gasteiger partial charge in [-0.05, 0) is 38.1 Å². The van der Waals surface area contributed by atoms with Crippen LogP contribution >= 0.6 is 15.9 Å². The Kier molecular flexibility index (Phi) is 10.4. The molecule has 2 atom stereocenters. The first-order valence-corrected chi connectivity index (χ1v) is 18.0. The van der Waals surface area contributed by atoms with Crippen molar-refractivity contribution in [1.82, 2.24) is 14.8 Å². The third kappa shape index (κ3) is 6.31. The number of likely N-dealkylation sites (N-methyl/N-ethyl adjacent to an activating group) is 1. The molecule has 15 nitrogen and oxygen atoms in total. The normalized spacial score (nSPS) is 19.6. The maximum atomic E-state index is 14.4. The molecule has 6 rings (SSSR count). The number of carbonyl (C=O) groups is 5. The molecule has 2 amide bonds. The van der Waals surface area contributed by atoms with E-state index < -0.39 is 29.2 Å². The number of fused-ring (bicyclic) bond motifs is 4. The van der Waals surface area contributed by atoms with E-state index in [9.17, 15) is 24.0 Å². The van der Waals surface area contributed by atoms with E-state index in [2.05, 4.69) is 31.1 Å². The van der Waals surface area contributed by atoms with Gasteiger partial charge in [-0.25, -0.2) is 4.79 Å². The molecule has 0 saturated carbocycles. The molecule has 0 bridgehead atoms. The summed E-state index contributed by atoms with van der Waals surface area (Å²) in [5.74, 6) is -1.72. The second-order valence-corrected chi connectivity index (χ2v) is 13.8. The number of nitrogens with zero attached hydrogens (tertiary/aromatic N) is 3. The molecule has 52 heavy (non-hydrogen) atoms. The SMILES string of the molecule is COC(=O)[C@]1(C)Nc2c(OC(=O)CCCC(=O)N3CCN(C)CC3)cc3c(c2C1=O)[C@H](CBr)CN3C(=O)c1cc2cc(OC)c(OC)c(OC)c2[nH]1. The molecular formula is C36H42BrN5O10. The molecule has 3 aromatic rings.